The summed E-state index contributed by atoms with van der Waals surface area (Å²) in [6, 6.07) is 11.2. The zero-order valence-electron chi connectivity index (χ0n) is 15.4. The molecular formula is C20H20N4O3. The topological polar surface area (TPSA) is 109 Å². The molecule has 1 unspecified atom stereocenters. The largest absolute Gasteiger partial charge is 0.347 e. The summed E-state index contributed by atoms with van der Waals surface area (Å²) in [7, 11) is 0. The zero-order chi connectivity index (χ0) is 19.7. The summed E-state index contributed by atoms with van der Waals surface area (Å²) in [5.41, 5.74) is -0.683. The van der Waals surface area contributed by atoms with E-state index in [2.05, 4.69) is 15.5 Å². The van der Waals surface area contributed by atoms with E-state index in [1.165, 1.54) is 6.08 Å². The van der Waals surface area contributed by atoms with Crippen LogP contribution in [0.25, 0.3) is 11.5 Å². The van der Waals surface area contributed by atoms with Crippen LogP contribution in [0.3, 0.4) is 0 Å². The van der Waals surface area contributed by atoms with Gasteiger partial charge in [0.05, 0.1) is 17.5 Å². The fraction of sp³-hybridized carbons (Fsp3) is 0.350. The van der Waals surface area contributed by atoms with E-state index >= 15 is 0 Å². The Bertz CT molecular complexity index is 953. The number of rotatable bonds is 4. The molecule has 0 bridgehead atoms. The van der Waals surface area contributed by atoms with Crippen LogP contribution >= 0.6 is 0 Å². The fourth-order valence-corrected chi connectivity index (χ4v) is 3.49. The number of hydrogen-bond donors (Lipinski definition) is 1. The average molecular weight is 364 g/mol. The quantitative estimate of drug-likeness (QED) is 0.893. The lowest BCUT2D eigenvalue weighted by Gasteiger charge is -2.39. The summed E-state index contributed by atoms with van der Waals surface area (Å²) in [6.07, 6.45) is 1.87. The Balaban J connectivity index is 1.73. The number of nitriles is 1. The first-order valence-electron chi connectivity index (χ1n) is 8.59. The molecule has 138 valence electrons. The summed E-state index contributed by atoms with van der Waals surface area (Å²) >= 11 is 0. The van der Waals surface area contributed by atoms with Gasteiger partial charge >= 0.3 is 0 Å². The molecule has 1 N–H and O–H groups in total. The molecule has 0 saturated heterocycles. The Labute approximate surface area is 157 Å². The van der Waals surface area contributed by atoms with Crippen molar-refractivity contribution in [3.05, 3.63) is 47.8 Å². The highest BCUT2D eigenvalue weighted by atomic mass is 16.5. The monoisotopic (exact) mass is 364 g/mol. The van der Waals surface area contributed by atoms with Gasteiger partial charge in [0.25, 0.3) is 5.89 Å². The highest BCUT2D eigenvalue weighted by molar-refractivity contribution is 6.04. The minimum Gasteiger partial charge on any atom is -0.347 e. The maximum Gasteiger partial charge on any atom is 0.257 e. The van der Waals surface area contributed by atoms with E-state index in [0.717, 1.165) is 5.56 Å². The maximum atomic E-state index is 12.5. The van der Waals surface area contributed by atoms with Gasteiger partial charge in [-0.1, -0.05) is 37.2 Å². The molecule has 2 aromatic rings. The molecule has 27 heavy (non-hydrogen) atoms. The molecule has 0 saturated carbocycles. The summed E-state index contributed by atoms with van der Waals surface area (Å²) in [4.78, 5) is 29.0. The zero-order valence-corrected chi connectivity index (χ0v) is 15.4. The van der Waals surface area contributed by atoms with Crippen molar-refractivity contribution < 1.29 is 14.1 Å². The van der Waals surface area contributed by atoms with Gasteiger partial charge < -0.3 is 9.84 Å². The summed E-state index contributed by atoms with van der Waals surface area (Å²) < 4.78 is 5.21. The fourth-order valence-electron chi connectivity index (χ4n) is 3.49. The first-order chi connectivity index (χ1) is 12.7. The van der Waals surface area contributed by atoms with Gasteiger partial charge in [0.2, 0.25) is 5.91 Å². The van der Waals surface area contributed by atoms with E-state index in [9.17, 15) is 14.9 Å². The molecule has 0 spiro atoms. The predicted octanol–water partition coefficient (Wildman–Crippen LogP) is 2.60. The molecule has 1 aliphatic carbocycles. The third-order valence-electron chi connectivity index (χ3n) is 4.48. The van der Waals surface area contributed by atoms with Gasteiger partial charge in [0.1, 0.15) is 6.07 Å². The van der Waals surface area contributed by atoms with E-state index in [1.807, 2.05) is 36.4 Å². The van der Waals surface area contributed by atoms with Crippen LogP contribution < -0.4 is 5.32 Å². The minimum absolute atomic E-state index is 0.0595. The predicted molar refractivity (Wildman–Crippen MR) is 97.1 cm³/mol. The number of benzene rings is 1. The third kappa shape index (κ3) is 3.95. The van der Waals surface area contributed by atoms with Crippen molar-refractivity contribution in [1.82, 2.24) is 15.5 Å². The van der Waals surface area contributed by atoms with Gasteiger partial charge in [-0.3, -0.25) is 9.59 Å². The second-order valence-electron chi connectivity index (χ2n) is 7.58. The van der Waals surface area contributed by atoms with Crippen LogP contribution in [-0.4, -0.2) is 27.4 Å². The molecule has 1 aliphatic rings. The number of carbonyl (C=O) groups excluding carboxylic acids is 2. The summed E-state index contributed by atoms with van der Waals surface area (Å²) in [5.74, 6) is 0.102. The number of hydrogen-bond acceptors (Lipinski definition) is 6. The van der Waals surface area contributed by atoms with E-state index in [-0.39, 0.29) is 29.5 Å². The van der Waals surface area contributed by atoms with Gasteiger partial charge in [-0.05, 0) is 31.6 Å². The molecule has 3 rings (SSSR count). The van der Waals surface area contributed by atoms with Crippen LogP contribution in [0.4, 0.5) is 0 Å². The third-order valence-corrected chi connectivity index (χ3v) is 4.48. The first-order valence-corrected chi connectivity index (χ1v) is 8.59. The van der Waals surface area contributed by atoms with Crippen LogP contribution in [0.5, 0.6) is 0 Å². The molecule has 0 radical (unpaired) electrons. The van der Waals surface area contributed by atoms with Crippen LogP contribution in [0.2, 0.25) is 0 Å². The highest BCUT2D eigenvalue weighted by Gasteiger charge is 2.43. The molecule has 1 aromatic carbocycles. The highest BCUT2D eigenvalue weighted by Crippen LogP contribution is 2.37. The number of aromatic nitrogens is 2. The Morgan fingerprint density at radius 2 is 2.00 bits per heavy atom. The second-order valence-corrected chi connectivity index (χ2v) is 7.58. The maximum absolute atomic E-state index is 12.5. The Hall–Kier alpha value is -3.27. The van der Waals surface area contributed by atoms with Crippen LogP contribution in [0.1, 0.15) is 33.0 Å². The number of Topliss-reactive ketones (excluding diaryl/α,β-unsaturated/α-hetero) is 1. The summed E-state index contributed by atoms with van der Waals surface area (Å²) in [5, 5.41) is 16.0. The molecule has 1 heterocycles. The van der Waals surface area contributed by atoms with Gasteiger partial charge in [-0.25, -0.2) is 0 Å². The van der Waals surface area contributed by atoms with Gasteiger partial charge in [0, 0.05) is 11.0 Å². The Morgan fingerprint density at radius 1 is 1.30 bits per heavy atom. The van der Waals surface area contributed by atoms with Crippen molar-refractivity contribution in [2.45, 2.75) is 39.2 Å². The Morgan fingerprint density at radius 3 is 2.67 bits per heavy atom. The van der Waals surface area contributed by atoms with E-state index in [1.54, 1.807) is 20.8 Å². The lowest BCUT2D eigenvalue weighted by Crippen LogP contribution is -2.52. The Kier molecular flexibility index (Phi) is 4.66. The number of nitrogens with one attached hydrogen (secondary N) is 1. The van der Waals surface area contributed by atoms with Gasteiger partial charge in [0.15, 0.2) is 11.6 Å². The van der Waals surface area contributed by atoms with Crippen molar-refractivity contribution in [3.63, 3.8) is 0 Å². The van der Waals surface area contributed by atoms with Crippen molar-refractivity contribution >= 4 is 11.7 Å². The van der Waals surface area contributed by atoms with Crippen LogP contribution in [0, 0.1) is 16.7 Å². The molecule has 1 amide bonds. The molecular weight excluding hydrogens is 344 g/mol. The molecule has 0 fully saturated rings. The lowest BCUT2D eigenvalue weighted by molar-refractivity contribution is -0.127. The first kappa shape index (κ1) is 18.5. The smallest absolute Gasteiger partial charge is 0.257 e. The SMILES string of the molecule is CC1(NC(=O)Cc2noc(-c3ccccc3)n2)C=C(C#N)C(=O)C(C)(C)C1. The number of allylic oxidation sites excluding steroid dienone is 1. The van der Waals surface area contributed by atoms with E-state index in [4.69, 9.17) is 4.52 Å². The van der Waals surface area contributed by atoms with Crippen molar-refractivity contribution in [1.29, 1.82) is 5.26 Å². The normalized spacial score (nSPS) is 21.3. The van der Waals surface area contributed by atoms with Gasteiger partial charge in [-0.15, -0.1) is 0 Å². The second kappa shape index (κ2) is 6.80. The number of nitrogens with zero attached hydrogens (tertiary/aromatic N) is 3. The van der Waals surface area contributed by atoms with E-state index < -0.39 is 11.0 Å². The number of amides is 1. The lowest BCUT2D eigenvalue weighted by atomic mass is 9.69. The van der Waals surface area contributed by atoms with Crippen LogP contribution in [0.15, 0.2) is 46.5 Å². The standard InChI is InChI=1S/C20H20N4O3/c1-19(2)12-20(3,10-14(11-21)17(19)26)23-16(25)9-15-22-18(27-24-15)13-7-5-4-6-8-13/h4-8,10H,9,12H2,1-3H3,(H,23,25). The number of ketones is 1. The average Bonchev–Trinajstić information content (AvgIpc) is 3.06. The number of carbonyl (C=O) groups is 2. The molecule has 0 aliphatic heterocycles. The summed E-state index contributed by atoms with van der Waals surface area (Å²) in [6.45, 7) is 5.34. The van der Waals surface area contributed by atoms with E-state index in [0.29, 0.717) is 12.3 Å². The van der Waals surface area contributed by atoms with Crippen molar-refractivity contribution in [3.8, 4) is 17.5 Å². The molecule has 1 aromatic heterocycles. The van der Waals surface area contributed by atoms with Gasteiger partial charge in [-0.2, -0.15) is 10.2 Å². The minimum atomic E-state index is -0.800. The van der Waals surface area contributed by atoms with Crippen LogP contribution in [-0.2, 0) is 16.0 Å². The molecule has 7 nitrogen and oxygen atoms in total. The molecule has 7 heteroatoms. The van der Waals surface area contributed by atoms with Crippen molar-refractivity contribution in [2.24, 2.45) is 5.41 Å². The van der Waals surface area contributed by atoms with Crippen molar-refractivity contribution in [2.75, 3.05) is 0 Å². The molecule has 1 atom stereocenters.